The molecule has 2 N–H and O–H groups in total. The third-order valence-corrected chi connectivity index (χ3v) is 3.32. The van der Waals surface area contributed by atoms with Crippen LogP contribution in [0.3, 0.4) is 0 Å². The first-order valence-corrected chi connectivity index (χ1v) is 6.62. The smallest absolute Gasteiger partial charge is 0.236 e. The maximum atomic E-state index is 5.67. The van der Waals surface area contributed by atoms with Crippen molar-refractivity contribution in [2.24, 2.45) is 5.73 Å². The number of nitrogens with zero attached hydrogens (tertiary/aromatic N) is 2. The fraction of sp³-hybridized carbons (Fsp3) is 0.333. The molecule has 1 unspecified atom stereocenters. The van der Waals surface area contributed by atoms with Crippen molar-refractivity contribution in [2.75, 3.05) is 5.75 Å². The van der Waals surface area contributed by atoms with Gasteiger partial charge in [0.15, 0.2) is 0 Å². The Morgan fingerprint density at radius 3 is 2.82 bits per heavy atom. The van der Waals surface area contributed by atoms with Gasteiger partial charge in [0.1, 0.15) is 0 Å². The van der Waals surface area contributed by atoms with E-state index in [1.54, 1.807) is 11.8 Å². The molecule has 0 aliphatic heterocycles. The second-order valence-corrected chi connectivity index (χ2v) is 4.90. The van der Waals surface area contributed by atoms with E-state index >= 15 is 0 Å². The summed E-state index contributed by atoms with van der Waals surface area (Å²) >= 11 is 1.70. The largest absolute Gasteiger partial charge is 0.338 e. The van der Waals surface area contributed by atoms with Gasteiger partial charge >= 0.3 is 0 Å². The minimum absolute atomic E-state index is 0.191. The Morgan fingerprint density at radius 2 is 2.12 bits per heavy atom. The molecule has 0 aliphatic carbocycles. The molecule has 1 heterocycles. The normalized spacial score (nSPS) is 12.6. The summed E-state index contributed by atoms with van der Waals surface area (Å²) < 4.78 is 5.18. The second-order valence-electron chi connectivity index (χ2n) is 3.87. The summed E-state index contributed by atoms with van der Waals surface area (Å²) in [6.07, 6.45) is 0. The summed E-state index contributed by atoms with van der Waals surface area (Å²) in [5.41, 5.74) is 6.64. The third-order valence-electron chi connectivity index (χ3n) is 2.11. The van der Waals surface area contributed by atoms with Crippen LogP contribution in [-0.2, 0) is 5.75 Å². The zero-order chi connectivity index (χ0) is 12.1. The Labute approximate surface area is 105 Å². The summed E-state index contributed by atoms with van der Waals surface area (Å²) in [4.78, 5) is 4.34. The minimum Gasteiger partial charge on any atom is -0.338 e. The van der Waals surface area contributed by atoms with Crippen LogP contribution in [0.4, 0.5) is 0 Å². The van der Waals surface area contributed by atoms with E-state index in [4.69, 9.17) is 10.3 Å². The van der Waals surface area contributed by atoms with Crippen LogP contribution in [0, 0.1) is 0 Å². The molecule has 0 amide bonds. The molecule has 0 bridgehead atoms. The number of thioether (sulfide) groups is 1. The average Bonchev–Trinajstić information content (AvgIpc) is 2.78. The maximum Gasteiger partial charge on any atom is 0.236 e. The molecule has 5 heteroatoms. The Bertz CT molecular complexity index is 456. The van der Waals surface area contributed by atoms with Crippen LogP contribution in [0.15, 0.2) is 34.9 Å². The third kappa shape index (κ3) is 3.57. The lowest BCUT2D eigenvalue weighted by Gasteiger charge is -2.00. The van der Waals surface area contributed by atoms with E-state index in [2.05, 4.69) is 10.1 Å². The van der Waals surface area contributed by atoms with Gasteiger partial charge in [-0.1, -0.05) is 35.5 Å². The number of hydrogen-bond donors (Lipinski definition) is 1. The molecule has 1 atom stereocenters. The molecule has 0 saturated carbocycles. The highest BCUT2D eigenvalue weighted by molar-refractivity contribution is 7.98. The average molecular weight is 249 g/mol. The molecule has 0 radical (unpaired) electrons. The molecule has 4 nitrogen and oxygen atoms in total. The fourth-order valence-electron chi connectivity index (χ4n) is 1.35. The van der Waals surface area contributed by atoms with Crippen molar-refractivity contribution in [3.8, 4) is 11.4 Å². The van der Waals surface area contributed by atoms with Crippen LogP contribution in [0.2, 0.25) is 0 Å². The minimum atomic E-state index is 0.191. The first-order chi connectivity index (χ1) is 8.25. The molecule has 0 saturated heterocycles. The van der Waals surface area contributed by atoms with Gasteiger partial charge in [-0.25, -0.2) is 0 Å². The predicted octanol–water partition coefficient (Wildman–Crippen LogP) is 2.32. The SMILES string of the molecule is CC(N)CSCc1nc(-c2ccccc2)no1. The van der Waals surface area contributed by atoms with Gasteiger partial charge in [0.05, 0.1) is 5.75 Å². The zero-order valence-corrected chi connectivity index (χ0v) is 10.5. The highest BCUT2D eigenvalue weighted by Crippen LogP contribution is 2.17. The lowest BCUT2D eigenvalue weighted by atomic mass is 10.2. The summed E-state index contributed by atoms with van der Waals surface area (Å²) in [6.45, 7) is 1.98. The molecule has 2 rings (SSSR count). The number of hydrogen-bond acceptors (Lipinski definition) is 5. The van der Waals surface area contributed by atoms with E-state index in [0.717, 1.165) is 11.3 Å². The number of rotatable bonds is 5. The summed E-state index contributed by atoms with van der Waals surface area (Å²) in [7, 11) is 0. The van der Waals surface area contributed by atoms with Gasteiger partial charge in [-0.2, -0.15) is 16.7 Å². The zero-order valence-electron chi connectivity index (χ0n) is 9.67. The molecule has 0 aliphatic rings. The lowest BCUT2D eigenvalue weighted by molar-refractivity contribution is 0.391. The van der Waals surface area contributed by atoms with E-state index < -0.39 is 0 Å². The van der Waals surface area contributed by atoms with Gasteiger partial charge in [-0.3, -0.25) is 0 Å². The van der Waals surface area contributed by atoms with Crippen LogP contribution in [0.25, 0.3) is 11.4 Å². The van der Waals surface area contributed by atoms with Crippen molar-refractivity contribution in [1.29, 1.82) is 0 Å². The molecular weight excluding hydrogens is 234 g/mol. The van der Waals surface area contributed by atoms with Crippen molar-refractivity contribution >= 4 is 11.8 Å². The Morgan fingerprint density at radius 1 is 1.35 bits per heavy atom. The van der Waals surface area contributed by atoms with Crippen LogP contribution >= 0.6 is 11.8 Å². The summed E-state index contributed by atoms with van der Waals surface area (Å²) in [5, 5.41) is 3.95. The fourth-order valence-corrected chi connectivity index (χ4v) is 2.13. The Balaban J connectivity index is 1.97. The quantitative estimate of drug-likeness (QED) is 0.881. The molecule has 1 aromatic heterocycles. The molecule has 17 heavy (non-hydrogen) atoms. The van der Waals surface area contributed by atoms with Crippen molar-refractivity contribution in [3.63, 3.8) is 0 Å². The molecule has 1 aromatic carbocycles. The van der Waals surface area contributed by atoms with E-state index in [1.165, 1.54) is 0 Å². The van der Waals surface area contributed by atoms with Gasteiger partial charge in [0, 0.05) is 17.4 Å². The molecule has 0 fully saturated rings. The van der Waals surface area contributed by atoms with Crippen molar-refractivity contribution < 1.29 is 4.52 Å². The van der Waals surface area contributed by atoms with Crippen molar-refractivity contribution in [2.45, 2.75) is 18.7 Å². The topological polar surface area (TPSA) is 64.9 Å². The summed E-state index contributed by atoms with van der Waals surface area (Å²) in [5.74, 6) is 2.89. The lowest BCUT2D eigenvalue weighted by Crippen LogP contribution is -2.17. The number of nitrogens with two attached hydrogens (primary N) is 1. The maximum absolute atomic E-state index is 5.67. The van der Waals surface area contributed by atoms with Crippen molar-refractivity contribution in [1.82, 2.24) is 10.1 Å². The van der Waals surface area contributed by atoms with Gasteiger partial charge in [0.25, 0.3) is 0 Å². The molecule has 0 spiro atoms. The molecular formula is C12H15N3OS. The second kappa shape index (κ2) is 5.84. The van der Waals surface area contributed by atoms with Crippen LogP contribution in [0.5, 0.6) is 0 Å². The standard InChI is InChI=1S/C12H15N3OS/c1-9(13)7-17-8-11-14-12(15-16-11)10-5-3-2-4-6-10/h2-6,9H,7-8,13H2,1H3. The monoisotopic (exact) mass is 249 g/mol. The van der Waals surface area contributed by atoms with Crippen LogP contribution in [-0.4, -0.2) is 21.9 Å². The van der Waals surface area contributed by atoms with Gasteiger partial charge in [-0.15, -0.1) is 0 Å². The number of aromatic nitrogens is 2. The van der Waals surface area contributed by atoms with Gasteiger partial charge in [0.2, 0.25) is 11.7 Å². The summed E-state index contributed by atoms with van der Waals surface area (Å²) in [6, 6.07) is 9.99. The molecule has 2 aromatic rings. The first kappa shape index (κ1) is 12.1. The first-order valence-electron chi connectivity index (χ1n) is 5.47. The van der Waals surface area contributed by atoms with E-state index in [1.807, 2.05) is 37.3 Å². The van der Waals surface area contributed by atoms with Gasteiger partial charge in [-0.05, 0) is 6.92 Å². The van der Waals surface area contributed by atoms with E-state index in [9.17, 15) is 0 Å². The highest BCUT2D eigenvalue weighted by atomic mass is 32.2. The predicted molar refractivity (Wildman–Crippen MR) is 69.5 cm³/mol. The van der Waals surface area contributed by atoms with Crippen LogP contribution < -0.4 is 5.73 Å². The van der Waals surface area contributed by atoms with Gasteiger partial charge < -0.3 is 10.3 Å². The highest BCUT2D eigenvalue weighted by Gasteiger charge is 2.08. The van der Waals surface area contributed by atoms with E-state index in [-0.39, 0.29) is 6.04 Å². The molecule has 90 valence electrons. The number of benzene rings is 1. The van der Waals surface area contributed by atoms with E-state index in [0.29, 0.717) is 17.5 Å². The van der Waals surface area contributed by atoms with Crippen LogP contribution in [0.1, 0.15) is 12.8 Å². The Kier molecular flexibility index (Phi) is 4.17. The van der Waals surface area contributed by atoms with Crippen molar-refractivity contribution in [3.05, 3.63) is 36.2 Å². The Hall–Kier alpha value is -1.33.